The van der Waals surface area contributed by atoms with E-state index >= 15 is 0 Å². The number of benzene rings is 1. The van der Waals surface area contributed by atoms with Gasteiger partial charge in [0.25, 0.3) is 0 Å². The topological polar surface area (TPSA) is 61.5 Å². The second-order valence-corrected chi connectivity index (χ2v) is 3.67. The molecule has 5 heteroatoms. The Hall–Kier alpha value is -1.07. The van der Waals surface area contributed by atoms with Crippen LogP contribution < -0.4 is 15.2 Å². The first-order valence-corrected chi connectivity index (χ1v) is 5.08. The predicted molar refractivity (Wildman–Crippen MR) is 60.6 cm³/mol. The van der Waals surface area contributed by atoms with Crippen molar-refractivity contribution in [3.8, 4) is 11.5 Å². The molecule has 0 radical (unpaired) electrons. The highest BCUT2D eigenvalue weighted by Crippen LogP contribution is 2.32. The number of ketones is 1. The third-order valence-electron chi connectivity index (χ3n) is 1.96. The summed E-state index contributed by atoms with van der Waals surface area (Å²) in [4.78, 5) is 11.5. The molecule has 0 atom stereocenters. The summed E-state index contributed by atoms with van der Waals surface area (Å²) < 4.78 is 10.9. The Morgan fingerprint density at radius 2 is 1.93 bits per heavy atom. The number of rotatable bonds is 4. The van der Waals surface area contributed by atoms with Crippen LogP contribution in [0.2, 0.25) is 0 Å². The van der Waals surface area contributed by atoms with E-state index in [0.29, 0.717) is 17.1 Å². The van der Waals surface area contributed by atoms with Crippen molar-refractivity contribution in [2.45, 2.75) is 0 Å². The fourth-order valence-corrected chi connectivity index (χ4v) is 1.67. The van der Waals surface area contributed by atoms with Crippen LogP contribution in [0.3, 0.4) is 0 Å². The molecule has 0 bridgehead atoms. The fraction of sp³-hybridized carbons (Fsp3) is 0.300. The number of carbonyl (C=O) groups is 1. The molecular formula is C10H12BrNO3. The van der Waals surface area contributed by atoms with Gasteiger partial charge in [0.15, 0.2) is 5.78 Å². The molecule has 15 heavy (non-hydrogen) atoms. The average molecular weight is 274 g/mol. The van der Waals surface area contributed by atoms with Gasteiger partial charge in [0.2, 0.25) is 0 Å². The SMILES string of the molecule is COc1cc(C(=O)CN)c(OC)cc1Br. The van der Waals surface area contributed by atoms with E-state index in [2.05, 4.69) is 15.9 Å². The summed E-state index contributed by atoms with van der Waals surface area (Å²) in [5.41, 5.74) is 5.73. The first-order chi connectivity index (χ1) is 7.13. The smallest absolute Gasteiger partial charge is 0.180 e. The van der Waals surface area contributed by atoms with Crippen LogP contribution in [0.1, 0.15) is 10.4 Å². The third kappa shape index (κ3) is 2.49. The normalized spacial score (nSPS) is 9.87. The van der Waals surface area contributed by atoms with Crippen LogP contribution in [0.5, 0.6) is 11.5 Å². The van der Waals surface area contributed by atoms with Crippen LogP contribution in [-0.4, -0.2) is 26.5 Å². The largest absolute Gasteiger partial charge is 0.496 e. The first-order valence-electron chi connectivity index (χ1n) is 4.28. The minimum absolute atomic E-state index is 0.0544. The van der Waals surface area contributed by atoms with Gasteiger partial charge in [-0.25, -0.2) is 0 Å². The lowest BCUT2D eigenvalue weighted by molar-refractivity contribution is 0.0998. The Morgan fingerprint density at radius 3 is 2.40 bits per heavy atom. The number of halogens is 1. The summed E-state index contributed by atoms with van der Waals surface area (Å²) in [7, 11) is 3.03. The highest BCUT2D eigenvalue weighted by atomic mass is 79.9. The number of hydrogen-bond donors (Lipinski definition) is 1. The highest BCUT2D eigenvalue weighted by Gasteiger charge is 2.14. The summed E-state index contributed by atoms with van der Waals surface area (Å²) in [5.74, 6) is 0.878. The second-order valence-electron chi connectivity index (χ2n) is 2.81. The minimum Gasteiger partial charge on any atom is -0.496 e. The summed E-state index contributed by atoms with van der Waals surface area (Å²) >= 11 is 3.31. The highest BCUT2D eigenvalue weighted by molar-refractivity contribution is 9.10. The van der Waals surface area contributed by atoms with Crippen LogP contribution in [0, 0.1) is 0 Å². The quantitative estimate of drug-likeness (QED) is 0.847. The maximum atomic E-state index is 11.5. The first kappa shape index (κ1) is 12.0. The van der Waals surface area contributed by atoms with Crippen LogP contribution >= 0.6 is 15.9 Å². The molecule has 1 aromatic rings. The van der Waals surface area contributed by atoms with Crippen molar-refractivity contribution in [3.63, 3.8) is 0 Å². The van der Waals surface area contributed by atoms with Crippen molar-refractivity contribution < 1.29 is 14.3 Å². The molecule has 0 amide bonds. The molecule has 0 aliphatic heterocycles. The predicted octanol–water partition coefficient (Wildman–Crippen LogP) is 1.61. The molecule has 82 valence electrons. The summed E-state index contributed by atoms with van der Waals surface area (Å²) in [6.45, 7) is -0.0544. The van der Waals surface area contributed by atoms with Gasteiger partial charge in [-0.3, -0.25) is 4.79 Å². The van der Waals surface area contributed by atoms with Crippen molar-refractivity contribution in [2.75, 3.05) is 20.8 Å². The Balaban J connectivity index is 3.28. The van der Waals surface area contributed by atoms with Gasteiger partial charge in [0.05, 0.1) is 30.8 Å². The maximum absolute atomic E-state index is 11.5. The van der Waals surface area contributed by atoms with E-state index in [0.717, 1.165) is 4.47 Å². The lowest BCUT2D eigenvalue weighted by atomic mass is 10.1. The lowest BCUT2D eigenvalue weighted by Gasteiger charge is -2.10. The van der Waals surface area contributed by atoms with E-state index in [4.69, 9.17) is 15.2 Å². The number of Topliss-reactive ketones (excluding diaryl/α,β-unsaturated/α-hetero) is 1. The van der Waals surface area contributed by atoms with Crippen LogP contribution in [0.4, 0.5) is 0 Å². The molecule has 0 saturated heterocycles. The molecule has 0 unspecified atom stereocenters. The summed E-state index contributed by atoms with van der Waals surface area (Å²) in [5, 5.41) is 0. The van der Waals surface area contributed by atoms with Crippen molar-refractivity contribution in [1.29, 1.82) is 0 Å². The van der Waals surface area contributed by atoms with Crippen LogP contribution in [0.25, 0.3) is 0 Å². The van der Waals surface area contributed by atoms with Gasteiger partial charge in [-0.2, -0.15) is 0 Å². The minimum atomic E-state index is -0.183. The number of hydrogen-bond acceptors (Lipinski definition) is 4. The van der Waals surface area contributed by atoms with Gasteiger partial charge in [-0.15, -0.1) is 0 Å². The van der Waals surface area contributed by atoms with E-state index in [-0.39, 0.29) is 12.3 Å². The summed E-state index contributed by atoms with van der Waals surface area (Å²) in [6.07, 6.45) is 0. The zero-order chi connectivity index (χ0) is 11.4. The third-order valence-corrected chi connectivity index (χ3v) is 2.58. The van der Waals surface area contributed by atoms with Gasteiger partial charge in [-0.05, 0) is 28.1 Å². The van der Waals surface area contributed by atoms with Gasteiger partial charge in [0, 0.05) is 0 Å². The molecule has 0 aliphatic carbocycles. The fourth-order valence-electron chi connectivity index (χ4n) is 1.19. The van der Waals surface area contributed by atoms with Gasteiger partial charge >= 0.3 is 0 Å². The second kappa shape index (κ2) is 5.14. The molecule has 0 aliphatic rings. The molecule has 1 aromatic carbocycles. The van der Waals surface area contributed by atoms with E-state index in [9.17, 15) is 4.79 Å². The molecule has 4 nitrogen and oxygen atoms in total. The average Bonchev–Trinajstić information content (AvgIpc) is 2.27. The number of nitrogens with two attached hydrogens (primary N) is 1. The van der Waals surface area contributed by atoms with Gasteiger partial charge < -0.3 is 15.2 Å². The Kier molecular flexibility index (Phi) is 4.11. The molecule has 0 fully saturated rings. The summed E-state index contributed by atoms with van der Waals surface area (Å²) in [6, 6.07) is 3.29. The Labute approximate surface area is 96.5 Å². The van der Waals surface area contributed by atoms with E-state index < -0.39 is 0 Å². The van der Waals surface area contributed by atoms with Crippen molar-refractivity contribution in [3.05, 3.63) is 22.2 Å². The van der Waals surface area contributed by atoms with Crippen LogP contribution in [-0.2, 0) is 0 Å². The Morgan fingerprint density at radius 1 is 1.33 bits per heavy atom. The van der Waals surface area contributed by atoms with E-state index in [1.807, 2.05) is 0 Å². The van der Waals surface area contributed by atoms with Crippen molar-refractivity contribution >= 4 is 21.7 Å². The lowest BCUT2D eigenvalue weighted by Crippen LogP contribution is -2.14. The zero-order valence-corrected chi connectivity index (χ0v) is 10.1. The molecule has 0 aromatic heterocycles. The number of carbonyl (C=O) groups excluding carboxylic acids is 1. The van der Waals surface area contributed by atoms with Crippen molar-refractivity contribution in [2.24, 2.45) is 5.73 Å². The number of ether oxygens (including phenoxy) is 2. The van der Waals surface area contributed by atoms with Crippen molar-refractivity contribution in [1.82, 2.24) is 0 Å². The molecule has 0 saturated carbocycles. The van der Waals surface area contributed by atoms with Crippen LogP contribution in [0.15, 0.2) is 16.6 Å². The maximum Gasteiger partial charge on any atom is 0.180 e. The van der Waals surface area contributed by atoms with E-state index in [1.54, 1.807) is 12.1 Å². The van der Waals surface area contributed by atoms with Gasteiger partial charge in [-0.1, -0.05) is 0 Å². The molecule has 1 rings (SSSR count). The molecule has 0 heterocycles. The van der Waals surface area contributed by atoms with E-state index in [1.165, 1.54) is 14.2 Å². The molecular weight excluding hydrogens is 262 g/mol. The standard InChI is InChI=1S/C10H12BrNO3/c1-14-9-4-7(11)10(15-2)3-6(9)8(13)5-12/h3-4H,5,12H2,1-2H3. The molecule has 0 spiro atoms. The van der Waals surface area contributed by atoms with Gasteiger partial charge in [0.1, 0.15) is 11.5 Å². The monoisotopic (exact) mass is 273 g/mol. The number of methoxy groups -OCH3 is 2. The Bertz CT molecular complexity index is 379. The zero-order valence-electron chi connectivity index (χ0n) is 8.54. The molecule has 2 N–H and O–H groups in total.